The Kier molecular flexibility index (Phi) is 6.24. The number of carbonyl (C=O) groups is 3. The van der Waals surface area contributed by atoms with Crippen LogP contribution >= 0.6 is 0 Å². The molecule has 0 aliphatic carbocycles. The van der Waals surface area contributed by atoms with Crippen molar-refractivity contribution in [3.05, 3.63) is 71.3 Å². The Morgan fingerprint density at radius 3 is 2.14 bits per heavy atom. The third-order valence-corrected chi connectivity index (χ3v) is 5.28. The van der Waals surface area contributed by atoms with Gasteiger partial charge in [0.25, 0.3) is 5.91 Å². The minimum Gasteiger partial charge on any atom is -0.332 e. The molecule has 5 nitrogen and oxygen atoms in total. The van der Waals surface area contributed by atoms with Gasteiger partial charge in [-0.25, -0.2) is 0 Å². The van der Waals surface area contributed by atoms with E-state index in [2.05, 4.69) is 13.8 Å². The first kappa shape index (κ1) is 19.8. The Balaban J connectivity index is 1.73. The zero-order chi connectivity index (χ0) is 20.1. The van der Waals surface area contributed by atoms with Gasteiger partial charge in [0.2, 0.25) is 11.8 Å². The lowest BCUT2D eigenvalue weighted by atomic mass is 10.1. The molecule has 28 heavy (non-hydrogen) atoms. The summed E-state index contributed by atoms with van der Waals surface area (Å²) in [6.07, 6.45) is 1.45. The summed E-state index contributed by atoms with van der Waals surface area (Å²) in [6.45, 7) is 4.96. The van der Waals surface area contributed by atoms with E-state index in [1.165, 1.54) is 4.90 Å². The number of imide groups is 1. The van der Waals surface area contributed by atoms with Crippen LogP contribution in [0.5, 0.6) is 0 Å². The number of rotatable bonds is 7. The number of likely N-dealkylation sites (tertiary alicyclic amines) is 1. The number of hydrogen-bond donors (Lipinski definition) is 0. The maximum Gasteiger partial charge on any atom is 0.254 e. The van der Waals surface area contributed by atoms with Crippen molar-refractivity contribution >= 4 is 17.7 Å². The molecule has 0 spiro atoms. The molecule has 1 atom stereocenters. The van der Waals surface area contributed by atoms with Gasteiger partial charge in [-0.3, -0.25) is 19.3 Å². The lowest BCUT2D eigenvalue weighted by Crippen LogP contribution is -2.37. The molecule has 0 unspecified atom stereocenters. The quantitative estimate of drug-likeness (QED) is 0.689. The second kappa shape index (κ2) is 8.83. The van der Waals surface area contributed by atoms with E-state index >= 15 is 0 Å². The van der Waals surface area contributed by atoms with Crippen molar-refractivity contribution in [3.8, 4) is 0 Å². The predicted octanol–water partition coefficient (Wildman–Crippen LogP) is 3.78. The molecule has 3 amide bonds. The topological polar surface area (TPSA) is 57.7 Å². The Labute approximate surface area is 166 Å². The van der Waals surface area contributed by atoms with Crippen LogP contribution in [0, 0.1) is 0 Å². The summed E-state index contributed by atoms with van der Waals surface area (Å²) in [5, 5.41) is 0. The van der Waals surface area contributed by atoms with Gasteiger partial charge >= 0.3 is 0 Å². The van der Waals surface area contributed by atoms with Crippen LogP contribution in [-0.2, 0) is 22.7 Å². The predicted molar refractivity (Wildman–Crippen MR) is 107 cm³/mol. The Hall–Kier alpha value is -2.95. The van der Waals surface area contributed by atoms with Crippen LogP contribution in [0.3, 0.4) is 0 Å². The molecular formula is C23H26N2O3. The second-order valence-electron chi connectivity index (χ2n) is 7.25. The van der Waals surface area contributed by atoms with Gasteiger partial charge in [0.1, 0.15) is 0 Å². The fourth-order valence-corrected chi connectivity index (χ4v) is 3.33. The third kappa shape index (κ3) is 4.47. The van der Waals surface area contributed by atoms with Gasteiger partial charge in [0, 0.05) is 31.0 Å². The first-order valence-corrected chi connectivity index (χ1v) is 9.76. The van der Waals surface area contributed by atoms with Crippen molar-refractivity contribution in [2.24, 2.45) is 0 Å². The van der Waals surface area contributed by atoms with Crippen LogP contribution in [0.2, 0.25) is 0 Å². The zero-order valence-electron chi connectivity index (χ0n) is 16.4. The van der Waals surface area contributed by atoms with Crippen molar-refractivity contribution in [1.29, 1.82) is 0 Å². The summed E-state index contributed by atoms with van der Waals surface area (Å²) in [5.74, 6) is -0.273. The second-order valence-corrected chi connectivity index (χ2v) is 7.25. The van der Waals surface area contributed by atoms with E-state index < -0.39 is 0 Å². The van der Waals surface area contributed by atoms with Crippen molar-refractivity contribution in [1.82, 2.24) is 9.80 Å². The van der Waals surface area contributed by atoms with E-state index in [9.17, 15) is 14.4 Å². The molecule has 3 rings (SSSR count). The Bertz CT molecular complexity index is 830. The highest BCUT2D eigenvalue weighted by atomic mass is 16.2. The maximum atomic E-state index is 13.1. The van der Waals surface area contributed by atoms with Gasteiger partial charge in [-0.15, -0.1) is 0 Å². The molecule has 1 saturated heterocycles. The molecule has 5 heteroatoms. The Morgan fingerprint density at radius 1 is 0.964 bits per heavy atom. The van der Waals surface area contributed by atoms with Crippen LogP contribution in [0.25, 0.3) is 0 Å². The standard InChI is InChI=1S/C23H26N2O3/c1-3-17(2)24(15-18-7-5-4-6-8-18)23(28)20-11-9-19(10-12-20)16-25-21(26)13-14-22(25)27/h4-12,17H,3,13-16H2,1-2H3/t17-/m0/s1. The molecule has 0 aromatic heterocycles. The Morgan fingerprint density at radius 2 is 1.57 bits per heavy atom. The maximum absolute atomic E-state index is 13.1. The summed E-state index contributed by atoms with van der Waals surface area (Å²) in [4.78, 5) is 39.9. The van der Waals surface area contributed by atoms with Crippen LogP contribution in [0.4, 0.5) is 0 Å². The molecule has 146 valence electrons. The van der Waals surface area contributed by atoms with E-state index in [1.807, 2.05) is 47.4 Å². The van der Waals surface area contributed by atoms with Crippen LogP contribution < -0.4 is 0 Å². The van der Waals surface area contributed by atoms with Gasteiger partial charge < -0.3 is 4.90 Å². The fourth-order valence-electron chi connectivity index (χ4n) is 3.33. The lowest BCUT2D eigenvalue weighted by molar-refractivity contribution is -0.139. The van der Waals surface area contributed by atoms with Crippen LogP contribution in [0.1, 0.15) is 54.6 Å². The molecule has 1 aliphatic rings. The zero-order valence-corrected chi connectivity index (χ0v) is 16.4. The summed E-state index contributed by atoms with van der Waals surface area (Å²) in [6, 6.07) is 17.3. The van der Waals surface area contributed by atoms with Crippen molar-refractivity contribution in [2.45, 2.75) is 52.2 Å². The molecule has 0 bridgehead atoms. The smallest absolute Gasteiger partial charge is 0.254 e. The first-order valence-electron chi connectivity index (χ1n) is 9.76. The van der Waals surface area contributed by atoms with Gasteiger partial charge in [-0.05, 0) is 36.6 Å². The van der Waals surface area contributed by atoms with Crippen LogP contribution in [-0.4, -0.2) is 33.6 Å². The van der Waals surface area contributed by atoms with Crippen molar-refractivity contribution in [3.63, 3.8) is 0 Å². The summed E-state index contributed by atoms with van der Waals surface area (Å²) in [5.41, 5.74) is 2.55. The minimum absolute atomic E-state index is 0.0157. The normalized spacial score (nSPS) is 15.0. The van der Waals surface area contributed by atoms with Crippen LogP contribution in [0.15, 0.2) is 54.6 Å². The number of hydrogen-bond acceptors (Lipinski definition) is 3. The van der Waals surface area contributed by atoms with Crippen molar-refractivity contribution in [2.75, 3.05) is 0 Å². The minimum atomic E-state index is -0.129. The molecule has 1 aliphatic heterocycles. The van der Waals surface area contributed by atoms with Gasteiger partial charge in [0.15, 0.2) is 0 Å². The monoisotopic (exact) mass is 378 g/mol. The summed E-state index contributed by atoms with van der Waals surface area (Å²) < 4.78 is 0. The molecule has 2 aromatic rings. The third-order valence-electron chi connectivity index (χ3n) is 5.28. The molecule has 1 heterocycles. The number of nitrogens with zero attached hydrogens (tertiary/aromatic N) is 2. The average molecular weight is 378 g/mol. The van der Waals surface area contributed by atoms with E-state index in [4.69, 9.17) is 0 Å². The SMILES string of the molecule is CC[C@H](C)N(Cc1ccccc1)C(=O)c1ccc(CN2C(=O)CCC2=O)cc1. The number of amides is 3. The lowest BCUT2D eigenvalue weighted by Gasteiger charge is -2.29. The van der Waals surface area contributed by atoms with E-state index in [0.717, 1.165) is 17.5 Å². The highest BCUT2D eigenvalue weighted by molar-refractivity contribution is 6.01. The molecule has 2 aromatic carbocycles. The molecule has 0 saturated carbocycles. The van der Waals surface area contributed by atoms with E-state index in [0.29, 0.717) is 24.9 Å². The fraction of sp³-hybridized carbons (Fsp3) is 0.348. The average Bonchev–Trinajstić information content (AvgIpc) is 3.04. The van der Waals surface area contributed by atoms with Gasteiger partial charge in [0.05, 0.1) is 6.54 Å². The summed E-state index contributed by atoms with van der Waals surface area (Å²) in [7, 11) is 0. The molecular weight excluding hydrogens is 352 g/mol. The number of benzene rings is 2. The molecule has 0 radical (unpaired) electrons. The summed E-state index contributed by atoms with van der Waals surface area (Å²) >= 11 is 0. The molecule has 0 N–H and O–H groups in total. The van der Waals surface area contributed by atoms with Gasteiger partial charge in [-0.2, -0.15) is 0 Å². The van der Waals surface area contributed by atoms with Gasteiger partial charge in [-0.1, -0.05) is 49.4 Å². The largest absolute Gasteiger partial charge is 0.332 e. The van der Waals surface area contributed by atoms with E-state index in [1.54, 1.807) is 12.1 Å². The number of carbonyl (C=O) groups excluding carboxylic acids is 3. The van der Waals surface area contributed by atoms with E-state index in [-0.39, 0.29) is 30.3 Å². The van der Waals surface area contributed by atoms with Crippen molar-refractivity contribution < 1.29 is 14.4 Å². The first-order chi connectivity index (χ1) is 13.5. The molecule has 1 fully saturated rings. The highest BCUT2D eigenvalue weighted by Crippen LogP contribution is 2.19. The highest BCUT2D eigenvalue weighted by Gasteiger charge is 2.28.